The van der Waals surface area contributed by atoms with Crippen molar-refractivity contribution in [3.8, 4) is 0 Å². The van der Waals surface area contributed by atoms with E-state index in [9.17, 15) is 5.11 Å². The van der Waals surface area contributed by atoms with E-state index in [0.29, 0.717) is 18.4 Å². The van der Waals surface area contributed by atoms with Crippen molar-refractivity contribution < 1.29 is 5.11 Å². The lowest BCUT2D eigenvalue weighted by Crippen LogP contribution is -2.43. The van der Waals surface area contributed by atoms with Gasteiger partial charge in [0.05, 0.1) is 5.60 Å². The highest BCUT2D eigenvalue weighted by atomic mass is 35.5. The van der Waals surface area contributed by atoms with E-state index < -0.39 is 5.60 Å². The molecule has 0 bridgehead atoms. The second-order valence-electron chi connectivity index (χ2n) is 3.93. The van der Waals surface area contributed by atoms with E-state index in [2.05, 4.69) is 25.6 Å². The summed E-state index contributed by atoms with van der Waals surface area (Å²) in [6.07, 6.45) is 2.70. The van der Waals surface area contributed by atoms with Crippen molar-refractivity contribution in [2.75, 3.05) is 24.2 Å². The number of anilines is 2. The molecule has 1 fully saturated rings. The predicted molar refractivity (Wildman–Crippen MR) is 61.7 cm³/mol. The highest BCUT2D eigenvalue weighted by Gasteiger charge is 2.34. The Hall–Kier alpha value is -1.14. The second kappa shape index (κ2) is 4.39. The first kappa shape index (κ1) is 11.3. The molecular weight excluding hydrogens is 230 g/mol. The lowest BCUT2D eigenvalue weighted by atomic mass is 9.80. The first-order chi connectivity index (χ1) is 7.61. The molecule has 1 heterocycles. The number of aliphatic hydroxyl groups is 1. The third kappa shape index (κ3) is 2.51. The van der Waals surface area contributed by atoms with Crippen molar-refractivity contribution in [2.45, 2.75) is 24.9 Å². The van der Waals surface area contributed by atoms with Crippen LogP contribution in [0.4, 0.5) is 11.9 Å². The van der Waals surface area contributed by atoms with Gasteiger partial charge in [-0.1, -0.05) is 0 Å². The molecule has 7 heteroatoms. The third-order valence-electron chi connectivity index (χ3n) is 2.69. The van der Waals surface area contributed by atoms with Crippen LogP contribution in [0.15, 0.2) is 0 Å². The molecule has 0 unspecified atom stereocenters. The lowest BCUT2D eigenvalue weighted by molar-refractivity contribution is -0.0203. The molecule has 88 valence electrons. The minimum Gasteiger partial charge on any atom is -0.388 e. The van der Waals surface area contributed by atoms with Gasteiger partial charge in [-0.15, -0.1) is 0 Å². The second-order valence-corrected chi connectivity index (χ2v) is 4.27. The zero-order valence-electron chi connectivity index (χ0n) is 9.00. The Balaban J connectivity index is 2.00. The Morgan fingerprint density at radius 2 is 2.00 bits per heavy atom. The number of hydrogen-bond donors (Lipinski definition) is 3. The largest absolute Gasteiger partial charge is 0.388 e. The SMILES string of the molecule is CNc1nc(Cl)nc(NCC2(O)CCC2)n1. The number of nitrogens with one attached hydrogen (secondary N) is 2. The summed E-state index contributed by atoms with van der Waals surface area (Å²) in [5.41, 5.74) is -0.612. The van der Waals surface area contributed by atoms with Crippen LogP contribution in [0.1, 0.15) is 19.3 Å². The summed E-state index contributed by atoms with van der Waals surface area (Å²) in [6, 6.07) is 0. The van der Waals surface area contributed by atoms with Crippen LogP contribution in [-0.4, -0.2) is 39.3 Å². The normalized spacial score (nSPS) is 17.7. The van der Waals surface area contributed by atoms with Gasteiger partial charge in [-0.3, -0.25) is 0 Å². The van der Waals surface area contributed by atoms with Crippen LogP contribution >= 0.6 is 11.6 Å². The average molecular weight is 244 g/mol. The van der Waals surface area contributed by atoms with Crippen LogP contribution in [0, 0.1) is 0 Å². The standard InChI is InChI=1S/C9H14ClN5O/c1-11-7-13-6(10)14-8(15-7)12-5-9(16)3-2-4-9/h16H,2-5H2,1H3,(H2,11,12,13,14,15). The van der Waals surface area contributed by atoms with Crippen molar-refractivity contribution in [2.24, 2.45) is 0 Å². The number of nitrogens with zero attached hydrogens (tertiary/aromatic N) is 3. The van der Waals surface area contributed by atoms with Crippen LogP contribution in [0.3, 0.4) is 0 Å². The van der Waals surface area contributed by atoms with Crippen molar-refractivity contribution in [3.05, 3.63) is 5.28 Å². The molecule has 1 aliphatic rings. The topological polar surface area (TPSA) is 83.0 Å². The maximum Gasteiger partial charge on any atom is 0.228 e. The molecule has 1 aromatic rings. The maximum atomic E-state index is 9.88. The number of hydrogen-bond acceptors (Lipinski definition) is 6. The fourth-order valence-electron chi connectivity index (χ4n) is 1.55. The van der Waals surface area contributed by atoms with Gasteiger partial charge in [0.1, 0.15) is 0 Å². The smallest absolute Gasteiger partial charge is 0.228 e. The van der Waals surface area contributed by atoms with E-state index in [1.807, 2.05) is 0 Å². The van der Waals surface area contributed by atoms with Gasteiger partial charge in [0.15, 0.2) is 0 Å². The van der Waals surface area contributed by atoms with Gasteiger partial charge in [0, 0.05) is 13.6 Å². The zero-order chi connectivity index (χ0) is 11.6. The van der Waals surface area contributed by atoms with E-state index in [1.54, 1.807) is 7.05 Å². The first-order valence-corrected chi connectivity index (χ1v) is 5.55. The van der Waals surface area contributed by atoms with Crippen molar-refractivity contribution in [3.63, 3.8) is 0 Å². The fourth-order valence-corrected chi connectivity index (χ4v) is 1.71. The molecular formula is C9H14ClN5O. The Kier molecular flexibility index (Phi) is 3.11. The highest BCUT2D eigenvalue weighted by molar-refractivity contribution is 6.28. The molecule has 0 aromatic carbocycles. The molecule has 0 saturated heterocycles. The molecule has 1 aliphatic carbocycles. The molecule has 0 atom stereocenters. The van der Waals surface area contributed by atoms with Gasteiger partial charge < -0.3 is 15.7 Å². The number of halogens is 1. The summed E-state index contributed by atoms with van der Waals surface area (Å²) < 4.78 is 0. The molecule has 1 saturated carbocycles. The Bertz CT molecular complexity index is 382. The highest BCUT2D eigenvalue weighted by Crippen LogP contribution is 2.31. The van der Waals surface area contributed by atoms with Crippen LogP contribution in [0.25, 0.3) is 0 Å². The molecule has 0 amide bonds. The Morgan fingerprint density at radius 3 is 2.56 bits per heavy atom. The van der Waals surface area contributed by atoms with Crippen LogP contribution < -0.4 is 10.6 Å². The van der Waals surface area contributed by atoms with E-state index >= 15 is 0 Å². The van der Waals surface area contributed by atoms with E-state index in [4.69, 9.17) is 11.6 Å². The first-order valence-electron chi connectivity index (χ1n) is 5.17. The Morgan fingerprint density at radius 1 is 1.31 bits per heavy atom. The molecule has 16 heavy (non-hydrogen) atoms. The zero-order valence-corrected chi connectivity index (χ0v) is 9.75. The summed E-state index contributed by atoms with van der Waals surface area (Å²) in [5.74, 6) is 0.785. The van der Waals surface area contributed by atoms with Gasteiger partial charge in [-0.05, 0) is 30.9 Å². The minimum absolute atomic E-state index is 0.127. The third-order valence-corrected chi connectivity index (χ3v) is 2.86. The summed E-state index contributed by atoms with van der Waals surface area (Å²) in [7, 11) is 1.70. The molecule has 0 aliphatic heterocycles. The summed E-state index contributed by atoms with van der Waals surface area (Å²) in [4.78, 5) is 11.9. The quantitative estimate of drug-likeness (QED) is 0.729. The average Bonchev–Trinajstić information content (AvgIpc) is 2.23. The fraction of sp³-hybridized carbons (Fsp3) is 0.667. The maximum absolute atomic E-state index is 9.88. The van der Waals surface area contributed by atoms with Crippen LogP contribution in [-0.2, 0) is 0 Å². The van der Waals surface area contributed by atoms with Gasteiger partial charge in [-0.25, -0.2) is 0 Å². The van der Waals surface area contributed by atoms with Crippen molar-refractivity contribution >= 4 is 23.5 Å². The van der Waals surface area contributed by atoms with Gasteiger partial charge in [0.2, 0.25) is 17.2 Å². The molecule has 1 aromatic heterocycles. The summed E-state index contributed by atoms with van der Waals surface area (Å²) in [6.45, 7) is 0.441. The molecule has 6 nitrogen and oxygen atoms in total. The molecule has 2 rings (SSSR count). The van der Waals surface area contributed by atoms with Crippen LogP contribution in [0.2, 0.25) is 5.28 Å². The Labute approximate surface area is 98.5 Å². The van der Waals surface area contributed by atoms with E-state index in [1.165, 1.54) is 0 Å². The van der Waals surface area contributed by atoms with Gasteiger partial charge in [0.25, 0.3) is 0 Å². The summed E-state index contributed by atoms with van der Waals surface area (Å²) >= 11 is 5.72. The van der Waals surface area contributed by atoms with Crippen LogP contribution in [0.5, 0.6) is 0 Å². The molecule has 0 radical (unpaired) electrons. The van der Waals surface area contributed by atoms with E-state index in [0.717, 1.165) is 19.3 Å². The molecule has 3 N–H and O–H groups in total. The van der Waals surface area contributed by atoms with Crippen molar-refractivity contribution in [1.82, 2.24) is 15.0 Å². The number of aromatic nitrogens is 3. The summed E-state index contributed by atoms with van der Waals surface area (Å²) in [5, 5.41) is 15.8. The minimum atomic E-state index is -0.612. The monoisotopic (exact) mass is 243 g/mol. The molecule has 0 spiro atoms. The lowest BCUT2D eigenvalue weighted by Gasteiger charge is -2.36. The predicted octanol–water partition coefficient (Wildman–Crippen LogP) is 0.894. The van der Waals surface area contributed by atoms with Crippen molar-refractivity contribution in [1.29, 1.82) is 0 Å². The number of rotatable bonds is 4. The van der Waals surface area contributed by atoms with E-state index in [-0.39, 0.29) is 5.28 Å². The van der Waals surface area contributed by atoms with Gasteiger partial charge >= 0.3 is 0 Å². The van der Waals surface area contributed by atoms with Gasteiger partial charge in [-0.2, -0.15) is 15.0 Å².